The number of methoxy groups -OCH3 is 2. The minimum absolute atomic E-state index is 0.0621. The number of anilines is 1. The quantitative estimate of drug-likeness (QED) is 0.689. The molecule has 1 atom stereocenters. The van der Waals surface area contributed by atoms with Gasteiger partial charge in [0.05, 0.1) is 24.2 Å². The molecule has 136 valence electrons. The molecule has 0 fully saturated rings. The molecule has 2 rings (SSSR count). The fourth-order valence-corrected chi connectivity index (χ4v) is 3.48. The van der Waals surface area contributed by atoms with Gasteiger partial charge < -0.3 is 20.1 Å². The highest BCUT2D eigenvalue weighted by Crippen LogP contribution is 2.29. The number of carbonyl (C=O) groups excluding carboxylic acids is 1. The van der Waals surface area contributed by atoms with Crippen molar-refractivity contribution in [1.29, 1.82) is 0 Å². The minimum Gasteiger partial charge on any atom is -0.497 e. The van der Waals surface area contributed by atoms with Crippen molar-refractivity contribution in [2.75, 3.05) is 26.1 Å². The van der Waals surface area contributed by atoms with Gasteiger partial charge in [-0.05, 0) is 37.6 Å². The molecule has 0 aliphatic carbocycles. The zero-order valence-electron chi connectivity index (χ0n) is 14.6. The fraction of sp³-hybridized carbons (Fsp3) is 0.389. The smallest absolute Gasteiger partial charge is 0.226 e. The predicted molar refractivity (Wildman–Crippen MR) is 103 cm³/mol. The molecule has 0 saturated carbocycles. The lowest BCUT2D eigenvalue weighted by Gasteiger charge is -2.15. The highest BCUT2D eigenvalue weighted by Gasteiger charge is 2.12. The number of hydrogen-bond donors (Lipinski definition) is 2. The number of thiophene rings is 1. The van der Waals surface area contributed by atoms with Crippen LogP contribution in [-0.4, -0.2) is 32.7 Å². The Kier molecular flexibility index (Phi) is 7.55. The van der Waals surface area contributed by atoms with E-state index in [2.05, 4.69) is 10.6 Å². The van der Waals surface area contributed by atoms with Crippen molar-refractivity contribution in [3.8, 4) is 11.5 Å². The van der Waals surface area contributed by atoms with Crippen LogP contribution >= 0.6 is 22.9 Å². The molecular formula is C18H23ClN2O3S. The maximum absolute atomic E-state index is 12.3. The highest BCUT2D eigenvalue weighted by atomic mass is 35.5. The van der Waals surface area contributed by atoms with Crippen molar-refractivity contribution < 1.29 is 14.3 Å². The maximum atomic E-state index is 12.3. The predicted octanol–water partition coefficient (Wildman–Crippen LogP) is 3.97. The molecule has 0 saturated heterocycles. The largest absolute Gasteiger partial charge is 0.497 e. The third-order valence-corrected chi connectivity index (χ3v) is 4.96. The third kappa shape index (κ3) is 6.23. The Labute approximate surface area is 157 Å². The second-order valence-corrected chi connectivity index (χ2v) is 7.43. The first-order valence-corrected chi connectivity index (χ1v) is 9.20. The Hall–Kier alpha value is -1.76. The summed E-state index contributed by atoms with van der Waals surface area (Å²) in [5.74, 6) is 1.19. The third-order valence-electron chi connectivity index (χ3n) is 3.67. The van der Waals surface area contributed by atoms with Crippen LogP contribution in [-0.2, 0) is 11.2 Å². The SMILES string of the molecule is COc1ccc(OC)c(NC(=O)CC(C)NCCc2ccc(Cl)s2)c1. The Balaban J connectivity index is 1.81. The molecule has 2 aromatic rings. The van der Waals surface area contributed by atoms with Crippen molar-refractivity contribution in [2.24, 2.45) is 0 Å². The number of ether oxygens (including phenoxy) is 2. The number of benzene rings is 1. The first-order chi connectivity index (χ1) is 12.0. The summed E-state index contributed by atoms with van der Waals surface area (Å²) in [6.45, 7) is 2.79. The monoisotopic (exact) mass is 382 g/mol. The summed E-state index contributed by atoms with van der Waals surface area (Å²) in [4.78, 5) is 13.5. The lowest BCUT2D eigenvalue weighted by Crippen LogP contribution is -2.32. The topological polar surface area (TPSA) is 59.6 Å². The lowest BCUT2D eigenvalue weighted by molar-refractivity contribution is -0.116. The van der Waals surface area contributed by atoms with Crippen LogP contribution in [0.25, 0.3) is 0 Å². The van der Waals surface area contributed by atoms with Crippen LogP contribution in [0, 0.1) is 0 Å². The number of carbonyl (C=O) groups is 1. The first kappa shape index (κ1) is 19.6. The van der Waals surface area contributed by atoms with E-state index < -0.39 is 0 Å². The molecule has 1 unspecified atom stereocenters. The molecule has 1 amide bonds. The van der Waals surface area contributed by atoms with Gasteiger partial charge in [-0.2, -0.15) is 0 Å². The number of amides is 1. The van der Waals surface area contributed by atoms with E-state index in [0.717, 1.165) is 17.3 Å². The van der Waals surface area contributed by atoms with E-state index in [1.54, 1.807) is 43.8 Å². The normalized spacial score (nSPS) is 11.8. The van der Waals surface area contributed by atoms with E-state index in [1.165, 1.54) is 4.88 Å². The molecule has 2 N–H and O–H groups in total. The Morgan fingerprint density at radius 1 is 1.24 bits per heavy atom. The average Bonchev–Trinajstić information content (AvgIpc) is 2.99. The summed E-state index contributed by atoms with van der Waals surface area (Å²) in [7, 11) is 3.15. The van der Waals surface area contributed by atoms with Crippen molar-refractivity contribution in [1.82, 2.24) is 5.32 Å². The first-order valence-electron chi connectivity index (χ1n) is 8.01. The van der Waals surface area contributed by atoms with E-state index in [1.807, 2.05) is 19.1 Å². The molecule has 7 heteroatoms. The zero-order valence-corrected chi connectivity index (χ0v) is 16.2. The van der Waals surface area contributed by atoms with Crippen molar-refractivity contribution >= 4 is 34.5 Å². The maximum Gasteiger partial charge on any atom is 0.226 e. The van der Waals surface area contributed by atoms with Gasteiger partial charge in [0.1, 0.15) is 11.5 Å². The summed E-state index contributed by atoms with van der Waals surface area (Å²) in [6.07, 6.45) is 1.26. The van der Waals surface area contributed by atoms with Gasteiger partial charge in [-0.15, -0.1) is 11.3 Å². The highest BCUT2D eigenvalue weighted by molar-refractivity contribution is 7.16. The van der Waals surface area contributed by atoms with Gasteiger partial charge in [-0.1, -0.05) is 11.6 Å². The van der Waals surface area contributed by atoms with Crippen LogP contribution in [0.2, 0.25) is 4.34 Å². The lowest BCUT2D eigenvalue weighted by atomic mass is 10.2. The van der Waals surface area contributed by atoms with Crippen LogP contribution in [0.1, 0.15) is 18.2 Å². The van der Waals surface area contributed by atoms with Crippen LogP contribution in [0.3, 0.4) is 0 Å². The zero-order chi connectivity index (χ0) is 18.2. The number of halogens is 1. The van der Waals surface area contributed by atoms with E-state index in [0.29, 0.717) is 23.6 Å². The molecule has 0 aliphatic rings. The van der Waals surface area contributed by atoms with Gasteiger partial charge in [0.15, 0.2) is 0 Å². The van der Waals surface area contributed by atoms with E-state index >= 15 is 0 Å². The van der Waals surface area contributed by atoms with Gasteiger partial charge >= 0.3 is 0 Å². The van der Waals surface area contributed by atoms with Crippen molar-refractivity contribution in [3.63, 3.8) is 0 Å². The molecule has 1 aromatic heterocycles. The summed E-state index contributed by atoms with van der Waals surface area (Å²) in [5.41, 5.74) is 0.604. The number of rotatable bonds is 9. The van der Waals surface area contributed by atoms with Crippen molar-refractivity contribution in [3.05, 3.63) is 39.5 Å². The Morgan fingerprint density at radius 3 is 2.68 bits per heavy atom. The van der Waals surface area contributed by atoms with Gasteiger partial charge in [0.2, 0.25) is 5.91 Å². The van der Waals surface area contributed by atoms with E-state index in [4.69, 9.17) is 21.1 Å². The van der Waals surface area contributed by atoms with Crippen LogP contribution in [0.15, 0.2) is 30.3 Å². The van der Waals surface area contributed by atoms with Gasteiger partial charge in [0, 0.05) is 30.0 Å². The fourth-order valence-electron chi connectivity index (χ4n) is 2.39. The summed E-state index contributed by atoms with van der Waals surface area (Å²) in [5, 5.41) is 6.23. The molecule has 5 nitrogen and oxygen atoms in total. The molecule has 1 aromatic carbocycles. The summed E-state index contributed by atoms with van der Waals surface area (Å²) >= 11 is 7.50. The van der Waals surface area contributed by atoms with E-state index in [-0.39, 0.29) is 11.9 Å². The van der Waals surface area contributed by atoms with Crippen LogP contribution < -0.4 is 20.1 Å². The minimum atomic E-state index is -0.0780. The second-order valence-electron chi connectivity index (χ2n) is 5.63. The Morgan fingerprint density at radius 2 is 2.04 bits per heavy atom. The van der Waals surface area contributed by atoms with Crippen molar-refractivity contribution in [2.45, 2.75) is 25.8 Å². The van der Waals surface area contributed by atoms with Gasteiger partial charge in [0.25, 0.3) is 0 Å². The molecule has 0 aliphatic heterocycles. The van der Waals surface area contributed by atoms with Crippen LogP contribution in [0.4, 0.5) is 5.69 Å². The van der Waals surface area contributed by atoms with Gasteiger partial charge in [-0.3, -0.25) is 4.79 Å². The Bertz CT molecular complexity index is 705. The molecule has 0 spiro atoms. The average molecular weight is 383 g/mol. The molecule has 0 radical (unpaired) electrons. The number of hydrogen-bond acceptors (Lipinski definition) is 5. The standard InChI is InChI=1S/C18H23ClN2O3S/c1-12(20-9-8-14-5-7-17(19)25-14)10-18(22)21-15-11-13(23-2)4-6-16(15)24-3/h4-7,11-12,20H,8-10H2,1-3H3,(H,21,22). The molecule has 0 bridgehead atoms. The molecular weight excluding hydrogens is 360 g/mol. The summed E-state index contributed by atoms with van der Waals surface area (Å²) < 4.78 is 11.3. The summed E-state index contributed by atoms with van der Waals surface area (Å²) in [6, 6.07) is 9.29. The second kappa shape index (κ2) is 9.65. The van der Waals surface area contributed by atoms with Crippen LogP contribution in [0.5, 0.6) is 11.5 Å². The molecule has 1 heterocycles. The number of nitrogens with one attached hydrogen (secondary N) is 2. The van der Waals surface area contributed by atoms with E-state index in [9.17, 15) is 4.79 Å². The van der Waals surface area contributed by atoms with Gasteiger partial charge in [-0.25, -0.2) is 0 Å². The molecule has 25 heavy (non-hydrogen) atoms.